The molecule has 4 nitrogen and oxygen atoms in total. The molecule has 1 aromatic heterocycles. The number of nitrogens with one attached hydrogen (secondary N) is 1. The van der Waals surface area contributed by atoms with Gasteiger partial charge in [0.05, 0.1) is 0 Å². The van der Waals surface area contributed by atoms with Gasteiger partial charge in [0.25, 0.3) is 5.91 Å². The highest BCUT2D eigenvalue weighted by molar-refractivity contribution is 7.80. The van der Waals surface area contributed by atoms with E-state index in [0.717, 1.165) is 11.1 Å². The number of aryl methyl sites for hydroxylation is 1. The summed E-state index contributed by atoms with van der Waals surface area (Å²) in [5.74, 6) is -0.153. The lowest BCUT2D eigenvalue weighted by Gasteiger charge is -2.08. The first-order valence-corrected chi connectivity index (χ1v) is 6.56. The van der Waals surface area contributed by atoms with Crippen LogP contribution in [0.2, 0.25) is 0 Å². The minimum atomic E-state index is -0.153. The molecule has 0 aliphatic heterocycles. The van der Waals surface area contributed by atoms with Gasteiger partial charge in [-0.25, -0.2) is 0 Å². The van der Waals surface area contributed by atoms with Crippen molar-refractivity contribution in [1.29, 1.82) is 0 Å². The van der Waals surface area contributed by atoms with Gasteiger partial charge in [-0.2, -0.15) is 0 Å². The van der Waals surface area contributed by atoms with Crippen LogP contribution in [0.15, 0.2) is 42.7 Å². The Morgan fingerprint density at radius 2 is 2.10 bits per heavy atom. The zero-order valence-corrected chi connectivity index (χ0v) is 11.9. The lowest BCUT2D eigenvalue weighted by Crippen LogP contribution is -2.23. The van der Waals surface area contributed by atoms with Gasteiger partial charge in [-0.3, -0.25) is 9.78 Å². The van der Waals surface area contributed by atoms with Crippen LogP contribution in [-0.2, 0) is 6.54 Å². The highest BCUT2D eigenvalue weighted by Gasteiger charge is 2.07. The fourth-order valence-corrected chi connectivity index (χ4v) is 1.92. The van der Waals surface area contributed by atoms with Crippen molar-refractivity contribution >= 4 is 23.1 Å². The molecule has 2 aromatic rings. The maximum atomic E-state index is 12.1. The number of rotatable bonds is 4. The molecule has 0 aliphatic rings. The first-order valence-electron chi connectivity index (χ1n) is 6.15. The molecule has 0 saturated carbocycles. The number of pyridine rings is 1. The maximum Gasteiger partial charge on any atom is 0.251 e. The number of aromatic nitrogens is 1. The Balaban J connectivity index is 2.07. The van der Waals surface area contributed by atoms with Crippen molar-refractivity contribution in [3.8, 4) is 0 Å². The number of amides is 1. The minimum Gasteiger partial charge on any atom is -0.389 e. The molecule has 0 aliphatic carbocycles. The number of carbonyl (C=O) groups is 1. The number of carbonyl (C=O) groups excluding carboxylic acids is 1. The fourth-order valence-electron chi connectivity index (χ4n) is 1.79. The molecule has 0 fully saturated rings. The summed E-state index contributed by atoms with van der Waals surface area (Å²) in [6, 6.07) is 8.86. The molecule has 0 bridgehead atoms. The minimum absolute atomic E-state index is 0.153. The molecule has 1 amide bonds. The SMILES string of the molecule is Cc1cnccc1CNC(=O)c1cccc(C(N)=S)c1. The third-order valence-corrected chi connectivity index (χ3v) is 3.22. The predicted molar refractivity (Wildman–Crippen MR) is 82.5 cm³/mol. The van der Waals surface area contributed by atoms with Crippen molar-refractivity contribution in [3.63, 3.8) is 0 Å². The third-order valence-electron chi connectivity index (χ3n) is 2.99. The van der Waals surface area contributed by atoms with Gasteiger partial charge < -0.3 is 11.1 Å². The van der Waals surface area contributed by atoms with Crippen molar-refractivity contribution in [3.05, 3.63) is 65.0 Å². The quantitative estimate of drug-likeness (QED) is 0.843. The normalized spacial score (nSPS) is 10.1. The summed E-state index contributed by atoms with van der Waals surface area (Å²) in [6.45, 7) is 2.42. The standard InChI is InChI=1S/C15H15N3OS/c1-10-8-17-6-5-13(10)9-18-15(19)12-4-2-3-11(7-12)14(16)20/h2-8H,9H2,1H3,(H2,16,20)(H,18,19). The van der Waals surface area contributed by atoms with Crippen molar-refractivity contribution in [2.24, 2.45) is 5.73 Å². The lowest BCUT2D eigenvalue weighted by molar-refractivity contribution is 0.0951. The third kappa shape index (κ3) is 3.39. The number of benzene rings is 1. The van der Waals surface area contributed by atoms with E-state index in [4.69, 9.17) is 18.0 Å². The molecule has 5 heteroatoms. The van der Waals surface area contributed by atoms with Crippen LogP contribution in [-0.4, -0.2) is 15.9 Å². The molecule has 102 valence electrons. The number of thiocarbonyl (C=S) groups is 1. The van der Waals surface area contributed by atoms with Gasteiger partial charge in [-0.1, -0.05) is 24.4 Å². The lowest BCUT2D eigenvalue weighted by atomic mass is 10.1. The molecule has 1 aromatic carbocycles. The van der Waals surface area contributed by atoms with E-state index < -0.39 is 0 Å². The summed E-state index contributed by atoms with van der Waals surface area (Å²) in [6.07, 6.45) is 3.48. The van der Waals surface area contributed by atoms with Gasteiger partial charge >= 0.3 is 0 Å². The van der Waals surface area contributed by atoms with Crippen LogP contribution >= 0.6 is 12.2 Å². The molecule has 20 heavy (non-hydrogen) atoms. The second-order valence-electron chi connectivity index (χ2n) is 4.43. The van der Waals surface area contributed by atoms with Crippen LogP contribution in [0.25, 0.3) is 0 Å². The van der Waals surface area contributed by atoms with Crippen LogP contribution in [0.3, 0.4) is 0 Å². The Morgan fingerprint density at radius 3 is 2.80 bits per heavy atom. The van der Waals surface area contributed by atoms with E-state index in [0.29, 0.717) is 17.7 Å². The van der Waals surface area contributed by atoms with E-state index in [1.54, 1.807) is 36.7 Å². The van der Waals surface area contributed by atoms with Gasteiger partial charge in [0, 0.05) is 30.1 Å². The Hall–Kier alpha value is -2.27. The Morgan fingerprint density at radius 1 is 1.35 bits per heavy atom. The topological polar surface area (TPSA) is 68.0 Å². The van der Waals surface area contributed by atoms with Gasteiger partial charge in [0.2, 0.25) is 0 Å². The zero-order chi connectivity index (χ0) is 14.5. The monoisotopic (exact) mass is 285 g/mol. The second kappa shape index (κ2) is 6.25. The molecule has 2 rings (SSSR count). The molecule has 0 spiro atoms. The summed E-state index contributed by atoms with van der Waals surface area (Å²) < 4.78 is 0. The fraction of sp³-hybridized carbons (Fsp3) is 0.133. The van der Waals surface area contributed by atoms with Crippen molar-refractivity contribution < 1.29 is 4.79 Å². The van der Waals surface area contributed by atoms with Gasteiger partial charge in [-0.15, -0.1) is 0 Å². The van der Waals surface area contributed by atoms with E-state index >= 15 is 0 Å². The molecule has 0 atom stereocenters. The first kappa shape index (κ1) is 14.1. The molecule has 0 saturated heterocycles. The summed E-state index contributed by atoms with van der Waals surface area (Å²) in [5.41, 5.74) is 8.88. The average molecular weight is 285 g/mol. The van der Waals surface area contributed by atoms with E-state index in [2.05, 4.69) is 10.3 Å². The molecule has 0 radical (unpaired) electrons. The largest absolute Gasteiger partial charge is 0.389 e. The number of nitrogens with zero attached hydrogens (tertiary/aromatic N) is 1. The molecule has 0 unspecified atom stereocenters. The molecular weight excluding hydrogens is 270 g/mol. The highest BCUT2D eigenvalue weighted by Crippen LogP contribution is 2.07. The highest BCUT2D eigenvalue weighted by atomic mass is 32.1. The van der Waals surface area contributed by atoms with Gasteiger partial charge in [-0.05, 0) is 36.2 Å². The average Bonchev–Trinajstić information content (AvgIpc) is 2.46. The van der Waals surface area contributed by atoms with Crippen LogP contribution in [0, 0.1) is 6.92 Å². The van der Waals surface area contributed by atoms with Gasteiger partial charge in [0.1, 0.15) is 4.99 Å². The summed E-state index contributed by atoms with van der Waals surface area (Å²) in [7, 11) is 0. The Kier molecular flexibility index (Phi) is 4.42. The number of nitrogens with two attached hydrogens (primary N) is 1. The number of hydrogen-bond acceptors (Lipinski definition) is 3. The Bertz CT molecular complexity index is 655. The summed E-state index contributed by atoms with van der Waals surface area (Å²) in [5, 5.41) is 2.87. The van der Waals surface area contributed by atoms with E-state index in [1.807, 2.05) is 13.0 Å². The van der Waals surface area contributed by atoms with Crippen LogP contribution in [0.1, 0.15) is 27.0 Å². The van der Waals surface area contributed by atoms with Crippen LogP contribution < -0.4 is 11.1 Å². The molecule has 3 N–H and O–H groups in total. The summed E-state index contributed by atoms with van der Waals surface area (Å²) in [4.78, 5) is 16.4. The van der Waals surface area contributed by atoms with E-state index in [1.165, 1.54) is 0 Å². The van der Waals surface area contributed by atoms with Crippen LogP contribution in [0.4, 0.5) is 0 Å². The smallest absolute Gasteiger partial charge is 0.251 e. The summed E-state index contributed by atoms with van der Waals surface area (Å²) >= 11 is 4.91. The first-order chi connectivity index (χ1) is 9.58. The van der Waals surface area contributed by atoms with Gasteiger partial charge in [0.15, 0.2) is 0 Å². The van der Waals surface area contributed by atoms with Crippen molar-refractivity contribution in [2.75, 3.05) is 0 Å². The molecule has 1 heterocycles. The van der Waals surface area contributed by atoms with E-state index in [9.17, 15) is 4.79 Å². The number of hydrogen-bond donors (Lipinski definition) is 2. The Labute approximate surface area is 123 Å². The predicted octanol–water partition coefficient (Wildman–Crippen LogP) is 1.95. The van der Waals surface area contributed by atoms with Crippen LogP contribution in [0.5, 0.6) is 0 Å². The second-order valence-corrected chi connectivity index (χ2v) is 4.87. The van der Waals surface area contributed by atoms with Crippen molar-refractivity contribution in [1.82, 2.24) is 10.3 Å². The zero-order valence-electron chi connectivity index (χ0n) is 11.1. The maximum absolute atomic E-state index is 12.1. The van der Waals surface area contributed by atoms with E-state index in [-0.39, 0.29) is 10.9 Å². The molecular formula is C15H15N3OS. The van der Waals surface area contributed by atoms with Crippen molar-refractivity contribution in [2.45, 2.75) is 13.5 Å².